The van der Waals surface area contributed by atoms with Gasteiger partial charge in [-0.3, -0.25) is 9.78 Å². The fourth-order valence-corrected chi connectivity index (χ4v) is 4.76. The molecule has 2 heterocycles. The van der Waals surface area contributed by atoms with Crippen molar-refractivity contribution in [3.63, 3.8) is 0 Å². The van der Waals surface area contributed by atoms with E-state index in [2.05, 4.69) is 40.6 Å². The number of methoxy groups -OCH3 is 1. The molecule has 0 aliphatic carbocycles. The van der Waals surface area contributed by atoms with Crippen LogP contribution in [0.5, 0.6) is 5.75 Å². The molecule has 1 amide bonds. The topological polar surface area (TPSA) is 64.4 Å². The van der Waals surface area contributed by atoms with Gasteiger partial charge in [-0.15, -0.1) is 0 Å². The highest BCUT2D eigenvalue weighted by Gasteiger charge is 2.15. The third-order valence-electron chi connectivity index (χ3n) is 6.62. The molecule has 5 heteroatoms. The zero-order valence-electron chi connectivity index (χ0n) is 20.5. The van der Waals surface area contributed by atoms with Crippen LogP contribution in [0.3, 0.4) is 0 Å². The number of para-hydroxylation sites is 1. The molecule has 5 nitrogen and oxygen atoms in total. The molecular formula is C32H24N2O3. The van der Waals surface area contributed by atoms with Crippen LogP contribution in [-0.4, -0.2) is 18.0 Å². The van der Waals surface area contributed by atoms with Gasteiger partial charge in [-0.2, -0.15) is 0 Å². The maximum Gasteiger partial charge on any atom is 0.248 e. The Labute approximate surface area is 214 Å². The Balaban J connectivity index is 1.37. The van der Waals surface area contributed by atoms with Crippen LogP contribution >= 0.6 is 0 Å². The highest BCUT2D eigenvalue weighted by Crippen LogP contribution is 2.38. The summed E-state index contributed by atoms with van der Waals surface area (Å²) in [6.07, 6.45) is 5.08. The molecule has 0 aliphatic rings. The molecule has 1 N–H and O–H groups in total. The Morgan fingerprint density at radius 1 is 0.919 bits per heavy atom. The average molecular weight is 485 g/mol. The Bertz CT molecular complexity index is 1830. The fraction of sp³-hybridized carbons (Fsp3) is 0.0625. The van der Waals surface area contributed by atoms with E-state index in [4.69, 9.17) is 9.15 Å². The van der Waals surface area contributed by atoms with Crippen molar-refractivity contribution in [3.8, 4) is 16.9 Å². The summed E-state index contributed by atoms with van der Waals surface area (Å²) < 4.78 is 11.6. The number of benzene rings is 4. The monoisotopic (exact) mass is 484 g/mol. The van der Waals surface area contributed by atoms with Gasteiger partial charge in [0.1, 0.15) is 11.3 Å². The predicted octanol–water partition coefficient (Wildman–Crippen LogP) is 7.85. The van der Waals surface area contributed by atoms with Gasteiger partial charge in [0.15, 0.2) is 0 Å². The first-order valence-electron chi connectivity index (χ1n) is 12.0. The van der Waals surface area contributed by atoms with E-state index in [1.807, 2.05) is 61.5 Å². The van der Waals surface area contributed by atoms with Gasteiger partial charge in [0.25, 0.3) is 0 Å². The molecule has 37 heavy (non-hydrogen) atoms. The second-order valence-electron chi connectivity index (χ2n) is 8.96. The van der Waals surface area contributed by atoms with Crippen molar-refractivity contribution in [3.05, 3.63) is 109 Å². The summed E-state index contributed by atoms with van der Waals surface area (Å²) in [5, 5.41) is 7.25. The molecule has 0 aliphatic heterocycles. The lowest BCUT2D eigenvalue weighted by Gasteiger charge is -2.11. The van der Waals surface area contributed by atoms with Crippen LogP contribution in [0.2, 0.25) is 0 Å². The maximum absolute atomic E-state index is 13.0. The van der Waals surface area contributed by atoms with E-state index in [-0.39, 0.29) is 5.91 Å². The largest absolute Gasteiger partial charge is 0.496 e. The van der Waals surface area contributed by atoms with E-state index in [0.717, 1.165) is 44.1 Å². The molecule has 0 atom stereocenters. The molecule has 2 aromatic heterocycles. The van der Waals surface area contributed by atoms with E-state index in [1.165, 1.54) is 10.8 Å². The van der Waals surface area contributed by atoms with Crippen LogP contribution < -0.4 is 10.1 Å². The van der Waals surface area contributed by atoms with E-state index < -0.39 is 0 Å². The van der Waals surface area contributed by atoms with Gasteiger partial charge in [0, 0.05) is 40.2 Å². The lowest BCUT2D eigenvalue weighted by molar-refractivity contribution is -0.111. The second kappa shape index (κ2) is 9.28. The maximum atomic E-state index is 13.0. The zero-order valence-corrected chi connectivity index (χ0v) is 20.5. The molecule has 6 rings (SSSR count). The lowest BCUT2D eigenvalue weighted by atomic mass is 9.97. The molecule has 0 spiro atoms. The van der Waals surface area contributed by atoms with Gasteiger partial charge in [0.05, 0.1) is 24.6 Å². The molecule has 0 saturated heterocycles. The number of amides is 1. The summed E-state index contributed by atoms with van der Waals surface area (Å²) in [6, 6.07) is 28.1. The van der Waals surface area contributed by atoms with Crippen molar-refractivity contribution < 1.29 is 13.9 Å². The quantitative estimate of drug-likeness (QED) is 0.253. The first-order chi connectivity index (χ1) is 18.1. The highest BCUT2D eigenvalue weighted by atomic mass is 16.5. The van der Waals surface area contributed by atoms with Crippen molar-refractivity contribution in [2.75, 3.05) is 12.4 Å². The van der Waals surface area contributed by atoms with Crippen LogP contribution in [0, 0.1) is 0 Å². The number of nitrogens with one attached hydrogen (secondary N) is 1. The van der Waals surface area contributed by atoms with E-state index in [9.17, 15) is 4.79 Å². The van der Waals surface area contributed by atoms with Crippen molar-refractivity contribution in [2.45, 2.75) is 6.92 Å². The number of nitrogens with zero attached hydrogens (tertiary/aromatic N) is 1. The second-order valence-corrected chi connectivity index (χ2v) is 8.96. The van der Waals surface area contributed by atoms with Crippen molar-refractivity contribution >= 4 is 49.8 Å². The zero-order chi connectivity index (χ0) is 25.4. The Kier molecular flexibility index (Phi) is 5.66. The Morgan fingerprint density at radius 3 is 2.59 bits per heavy atom. The van der Waals surface area contributed by atoms with Crippen molar-refractivity contribution in [2.24, 2.45) is 0 Å². The number of carbonyl (C=O) groups excluding carboxylic acids is 1. The van der Waals surface area contributed by atoms with Crippen molar-refractivity contribution in [1.29, 1.82) is 0 Å². The minimum atomic E-state index is -0.236. The van der Waals surface area contributed by atoms with Gasteiger partial charge in [0.2, 0.25) is 5.91 Å². The molecule has 4 aromatic carbocycles. The normalized spacial score (nSPS) is 11.8. The Morgan fingerprint density at radius 2 is 1.73 bits per heavy atom. The average Bonchev–Trinajstić information content (AvgIpc) is 3.35. The molecule has 6 aromatic rings. The molecule has 0 radical (unpaired) electrons. The summed E-state index contributed by atoms with van der Waals surface area (Å²) in [4.78, 5) is 17.4. The number of fused-ring (bicyclic) bond motifs is 3. The number of anilines is 1. The van der Waals surface area contributed by atoms with Gasteiger partial charge < -0.3 is 14.5 Å². The molecule has 0 bridgehead atoms. The molecule has 0 saturated carbocycles. The summed E-state index contributed by atoms with van der Waals surface area (Å²) in [7, 11) is 1.62. The number of furan rings is 1. The van der Waals surface area contributed by atoms with Crippen LogP contribution in [0.25, 0.3) is 49.3 Å². The standard InChI is InChI=1S/C32H24N2O3/c1-20(15-31(35)34-28-11-5-9-22-10-6-14-33-32(22)28)25-17-26-27(19-37-30(26)18-29(25)36-2)24-13-12-21-7-3-4-8-23(21)16-24/h3-19H,1-2H3,(H,34,35)/b20-15+. The Hall–Kier alpha value is -4.90. The van der Waals surface area contributed by atoms with E-state index in [1.54, 1.807) is 25.6 Å². The van der Waals surface area contributed by atoms with Crippen LogP contribution in [0.1, 0.15) is 12.5 Å². The number of aromatic nitrogens is 1. The molecule has 180 valence electrons. The number of hydrogen-bond acceptors (Lipinski definition) is 4. The molecular weight excluding hydrogens is 460 g/mol. The van der Waals surface area contributed by atoms with Crippen LogP contribution in [-0.2, 0) is 4.79 Å². The summed E-state index contributed by atoms with van der Waals surface area (Å²) in [5.74, 6) is 0.403. The van der Waals surface area contributed by atoms with Gasteiger partial charge in [-0.05, 0) is 53.1 Å². The SMILES string of the molecule is COc1cc2occ(-c3ccc4ccccc4c3)c2cc1/C(C)=C/C(=O)Nc1cccc2cccnc12. The van der Waals surface area contributed by atoms with E-state index >= 15 is 0 Å². The number of hydrogen-bond donors (Lipinski definition) is 1. The van der Waals surface area contributed by atoms with Gasteiger partial charge >= 0.3 is 0 Å². The van der Waals surface area contributed by atoms with Gasteiger partial charge in [-0.25, -0.2) is 0 Å². The number of rotatable bonds is 5. The number of pyridine rings is 1. The number of carbonyl (C=O) groups is 1. The number of ether oxygens (including phenoxy) is 1. The van der Waals surface area contributed by atoms with Crippen LogP contribution in [0.4, 0.5) is 5.69 Å². The smallest absolute Gasteiger partial charge is 0.248 e. The van der Waals surface area contributed by atoms with Gasteiger partial charge in [-0.1, -0.05) is 54.6 Å². The predicted molar refractivity (Wildman–Crippen MR) is 150 cm³/mol. The number of allylic oxidation sites excluding steroid dienone is 1. The summed E-state index contributed by atoms with van der Waals surface area (Å²) in [5.41, 5.74) is 5.80. The highest BCUT2D eigenvalue weighted by molar-refractivity contribution is 6.08. The summed E-state index contributed by atoms with van der Waals surface area (Å²) in [6.45, 7) is 1.90. The third kappa shape index (κ3) is 4.21. The van der Waals surface area contributed by atoms with Crippen molar-refractivity contribution in [1.82, 2.24) is 4.98 Å². The minimum Gasteiger partial charge on any atom is -0.496 e. The molecule has 0 fully saturated rings. The first-order valence-corrected chi connectivity index (χ1v) is 12.0. The minimum absolute atomic E-state index is 0.236. The molecule has 0 unspecified atom stereocenters. The first kappa shape index (κ1) is 22.6. The summed E-state index contributed by atoms with van der Waals surface area (Å²) >= 11 is 0. The van der Waals surface area contributed by atoms with Crippen LogP contribution in [0.15, 0.2) is 108 Å². The third-order valence-corrected chi connectivity index (χ3v) is 6.62. The fourth-order valence-electron chi connectivity index (χ4n) is 4.76. The lowest BCUT2D eigenvalue weighted by Crippen LogP contribution is -2.09. The van der Waals surface area contributed by atoms with E-state index in [0.29, 0.717) is 11.4 Å².